The van der Waals surface area contributed by atoms with Crippen LogP contribution in [0.15, 0.2) is 0 Å². The van der Waals surface area contributed by atoms with Crippen LogP contribution in [0.4, 0.5) is 0 Å². The minimum atomic E-state index is 0.830. The molecule has 0 radical (unpaired) electrons. The van der Waals surface area contributed by atoms with E-state index in [1.165, 1.54) is 25.7 Å². The molecule has 1 heteroatoms. The van der Waals surface area contributed by atoms with Gasteiger partial charge in [-0.1, -0.05) is 33.1 Å². The van der Waals surface area contributed by atoms with E-state index in [9.17, 15) is 0 Å². The molecule has 3 rings (SSSR count). The van der Waals surface area contributed by atoms with Crippen LogP contribution in [0.3, 0.4) is 0 Å². The van der Waals surface area contributed by atoms with Gasteiger partial charge in [-0.2, -0.15) is 0 Å². The van der Waals surface area contributed by atoms with E-state index in [0.29, 0.717) is 0 Å². The number of rotatable bonds is 5. The second-order valence-electron chi connectivity index (χ2n) is 7.41. The summed E-state index contributed by atoms with van der Waals surface area (Å²) in [6.45, 7) is 5.94. The van der Waals surface area contributed by atoms with Crippen molar-refractivity contribution in [2.24, 2.45) is 29.6 Å². The van der Waals surface area contributed by atoms with Gasteiger partial charge in [-0.25, -0.2) is 0 Å². The molecule has 0 heterocycles. The molecule has 1 nitrogen and oxygen atoms in total. The van der Waals surface area contributed by atoms with E-state index in [1.807, 2.05) is 0 Å². The Morgan fingerprint density at radius 3 is 2.56 bits per heavy atom. The van der Waals surface area contributed by atoms with Crippen LogP contribution >= 0.6 is 0 Å². The molecule has 3 aliphatic carbocycles. The Bertz CT molecular complexity index is 275. The highest BCUT2D eigenvalue weighted by Crippen LogP contribution is 2.50. The molecule has 2 bridgehead atoms. The van der Waals surface area contributed by atoms with E-state index in [2.05, 4.69) is 19.2 Å². The summed E-state index contributed by atoms with van der Waals surface area (Å²) in [6.07, 6.45) is 12.2. The van der Waals surface area contributed by atoms with Crippen molar-refractivity contribution in [2.75, 3.05) is 6.54 Å². The Hall–Kier alpha value is -0.0400. The molecule has 0 amide bonds. The minimum absolute atomic E-state index is 0.830. The van der Waals surface area contributed by atoms with Crippen LogP contribution < -0.4 is 5.32 Å². The molecular weight excluding hydrogens is 218 g/mol. The van der Waals surface area contributed by atoms with Crippen molar-refractivity contribution >= 4 is 0 Å². The van der Waals surface area contributed by atoms with Crippen molar-refractivity contribution in [3.63, 3.8) is 0 Å². The van der Waals surface area contributed by atoms with Gasteiger partial charge in [0.15, 0.2) is 0 Å². The first-order valence-electron chi connectivity index (χ1n) is 8.51. The Morgan fingerprint density at radius 1 is 1.11 bits per heavy atom. The number of hydrogen-bond donors (Lipinski definition) is 1. The molecule has 0 aliphatic heterocycles. The van der Waals surface area contributed by atoms with Gasteiger partial charge in [0, 0.05) is 6.04 Å². The molecular formula is C17H31N. The molecule has 0 aromatic carbocycles. The maximum atomic E-state index is 3.84. The summed E-state index contributed by atoms with van der Waals surface area (Å²) in [6, 6.07) is 0.830. The SMILES string of the molecule is CCNC(CC1CC2CCC1C2)C1CCCC1C. The Kier molecular flexibility index (Phi) is 3.98. The number of hydrogen-bond acceptors (Lipinski definition) is 1. The van der Waals surface area contributed by atoms with Crippen molar-refractivity contribution in [2.45, 2.75) is 71.3 Å². The van der Waals surface area contributed by atoms with Gasteiger partial charge >= 0.3 is 0 Å². The molecule has 0 saturated heterocycles. The Labute approximate surface area is 113 Å². The Morgan fingerprint density at radius 2 is 2.00 bits per heavy atom. The lowest BCUT2D eigenvalue weighted by molar-refractivity contribution is 0.216. The van der Waals surface area contributed by atoms with E-state index in [1.54, 1.807) is 25.7 Å². The van der Waals surface area contributed by atoms with Crippen molar-refractivity contribution in [3.05, 3.63) is 0 Å². The van der Waals surface area contributed by atoms with Crippen molar-refractivity contribution in [3.8, 4) is 0 Å². The maximum absolute atomic E-state index is 3.84. The van der Waals surface area contributed by atoms with Crippen LogP contribution in [-0.4, -0.2) is 12.6 Å². The average molecular weight is 249 g/mol. The van der Waals surface area contributed by atoms with Gasteiger partial charge in [-0.3, -0.25) is 0 Å². The molecule has 0 aromatic heterocycles. The van der Waals surface area contributed by atoms with E-state index in [0.717, 1.165) is 42.2 Å². The fraction of sp³-hybridized carbons (Fsp3) is 1.00. The highest BCUT2D eigenvalue weighted by molar-refractivity contribution is 4.94. The van der Waals surface area contributed by atoms with Gasteiger partial charge in [0.05, 0.1) is 0 Å². The quantitative estimate of drug-likeness (QED) is 0.769. The van der Waals surface area contributed by atoms with Crippen molar-refractivity contribution in [1.29, 1.82) is 0 Å². The number of nitrogens with one attached hydrogen (secondary N) is 1. The first kappa shape index (κ1) is 13.0. The molecule has 6 atom stereocenters. The predicted molar refractivity (Wildman–Crippen MR) is 77.5 cm³/mol. The summed E-state index contributed by atoms with van der Waals surface area (Å²) in [5.41, 5.74) is 0. The standard InChI is InChI=1S/C17H31N/c1-3-18-17(16-6-4-5-12(16)2)11-15-10-13-7-8-14(15)9-13/h12-18H,3-11H2,1-2H3. The second kappa shape index (κ2) is 5.53. The second-order valence-corrected chi connectivity index (χ2v) is 7.41. The van der Waals surface area contributed by atoms with Crippen molar-refractivity contribution in [1.82, 2.24) is 5.32 Å². The van der Waals surface area contributed by atoms with E-state index < -0.39 is 0 Å². The van der Waals surface area contributed by atoms with Gasteiger partial charge in [0.25, 0.3) is 0 Å². The third-order valence-corrected chi connectivity index (χ3v) is 6.35. The van der Waals surface area contributed by atoms with Crippen LogP contribution in [0.2, 0.25) is 0 Å². The molecule has 0 spiro atoms. The van der Waals surface area contributed by atoms with E-state index in [4.69, 9.17) is 0 Å². The summed E-state index contributed by atoms with van der Waals surface area (Å²) in [4.78, 5) is 0. The summed E-state index contributed by atoms with van der Waals surface area (Å²) < 4.78 is 0. The zero-order valence-corrected chi connectivity index (χ0v) is 12.3. The average Bonchev–Trinajstić information content (AvgIpc) is 3.04. The number of fused-ring (bicyclic) bond motifs is 2. The smallest absolute Gasteiger partial charge is 0.0100 e. The van der Waals surface area contributed by atoms with Crippen LogP contribution in [0.1, 0.15) is 65.2 Å². The van der Waals surface area contributed by atoms with E-state index in [-0.39, 0.29) is 0 Å². The Balaban J connectivity index is 1.59. The van der Waals surface area contributed by atoms with Gasteiger partial charge in [-0.05, 0) is 68.2 Å². The van der Waals surface area contributed by atoms with Crippen LogP contribution in [0.5, 0.6) is 0 Å². The van der Waals surface area contributed by atoms with Gasteiger partial charge in [0.2, 0.25) is 0 Å². The zero-order chi connectivity index (χ0) is 12.5. The van der Waals surface area contributed by atoms with E-state index >= 15 is 0 Å². The first-order valence-corrected chi connectivity index (χ1v) is 8.51. The first-order chi connectivity index (χ1) is 8.78. The highest BCUT2D eigenvalue weighted by Gasteiger charge is 2.41. The topological polar surface area (TPSA) is 12.0 Å². The molecule has 3 fully saturated rings. The summed E-state index contributed by atoms with van der Waals surface area (Å²) in [7, 11) is 0. The minimum Gasteiger partial charge on any atom is -0.314 e. The van der Waals surface area contributed by atoms with Gasteiger partial charge < -0.3 is 5.32 Å². The lowest BCUT2D eigenvalue weighted by Gasteiger charge is -2.32. The predicted octanol–water partition coefficient (Wildman–Crippen LogP) is 4.23. The lowest BCUT2D eigenvalue weighted by atomic mass is 9.79. The van der Waals surface area contributed by atoms with Crippen LogP contribution in [0.25, 0.3) is 0 Å². The zero-order valence-electron chi connectivity index (χ0n) is 12.3. The van der Waals surface area contributed by atoms with Gasteiger partial charge in [-0.15, -0.1) is 0 Å². The molecule has 1 N–H and O–H groups in total. The summed E-state index contributed by atoms with van der Waals surface area (Å²) in [5.74, 6) is 5.23. The fourth-order valence-corrected chi connectivity index (χ4v) is 5.43. The highest BCUT2D eigenvalue weighted by atomic mass is 14.9. The monoisotopic (exact) mass is 249 g/mol. The molecule has 18 heavy (non-hydrogen) atoms. The largest absolute Gasteiger partial charge is 0.314 e. The molecule has 0 aromatic rings. The fourth-order valence-electron chi connectivity index (χ4n) is 5.43. The third kappa shape index (κ3) is 2.48. The van der Waals surface area contributed by atoms with Crippen LogP contribution in [-0.2, 0) is 0 Å². The lowest BCUT2D eigenvalue weighted by Crippen LogP contribution is -2.39. The summed E-state index contributed by atoms with van der Waals surface area (Å²) in [5, 5.41) is 3.84. The molecule has 3 saturated carbocycles. The third-order valence-electron chi connectivity index (χ3n) is 6.35. The molecule has 6 unspecified atom stereocenters. The van der Waals surface area contributed by atoms with Crippen LogP contribution in [0, 0.1) is 29.6 Å². The normalized spacial score (nSPS) is 44.7. The summed E-state index contributed by atoms with van der Waals surface area (Å²) >= 11 is 0. The van der Waals surface area contributed by atoms with Gasteiger partial charge in [0.1, 0.15) is 0 Å². The maximum Gasteiger partial charge on any atom is 0.0100 e. The molecule has 3 aliphatic rings. The van der Waals surface area contributed by atoms with Crippen molar-refractivity contribution < 1.29 is 0 Å². The molecule has 104 valence electrons.